The van der Waals surface area contributed by atoms with Crippen molar-refractivity contribution < 1.29 is 4.79 Å². The van der Waals surface area contributed by atoms with E-state index in [1.807, 2.05) is 0 Å². The topological polar surface area (TPSA) is 55.1 Å². The summed E-state index contributed by atoms with van der Waals surface area (Å²) in [6.07, 6.45) is 7.77. The Labute approximate surface area is 106 Å². The van der Waals surface area contributed by atoms with Crippen LogP contribution in [0.4, 0.5) is 0 Å². The van der Waals surface area contributed by atoms with E-state index in [0.29, 0.717) is 5.92 Å². The fraction of sp³-hybridized carbons (Fsp3) is 0.929. The minimum absolute atomic E-state index is 0.153. The molecule has 3 heteroatoms. The van der Waals surface area contributed by atoms with Crippen LogP contribution in [0, 0.1) is 11.8 Å². The lowest BCUT2D eigenvalue weighted by atomic mass is 9.79. The average molecular weight is 240 g/mol. The largest absolute Gasteiger partial charge is 0.356 e. The first-order valence-electron chi connectivity index (χ1n) is 7.16. The van der Waals surface area contributed by atoms with Gasteiger partial charge in [0.25, 0.3) is 0 Å². The van der Waals surface area contributed by atoms with E-state index in [0.717, 1.165) is 32.2 Å². The van der Waals surface area contributed by atoms with Crippen molar-refractivity contribution in [1.29, 1.82) is 0 Å². The van der Waals surface area contributed by atoms with Gasteiger partial charge in [0.05, 0.1) is 0 Å². The van der Waals surface area contributed by atoms with E-state index in [-0.39, 0.29) is 17.9 Å². The molecule has 1 aliphatic rings. The molecule has 1 saturated carbocycles. The van der Waals surface area contributed by atoms with Crippen LogP contribution >= 0.6 is 0 Å². The smallest absolute Gasteiger partial charge is 0.223 e. The summed E-state index contributed by atoms with van der Waals surface area (Å²) in [5, 5.41) is 3.06. The summed E-state index contributed by atoms with van der Waals surface area (Å²) in [5.74, 6) is 0.970. The Kier molecular flexibility index (Phi) is 6.56. The normalized spacial score (nSPS) is 29.0. The van der Waals surface area contributed by atoms with Crippen LogP contribution in [0.2, 0.25) is 0 Å². The van der Waals surface area contributed by atoms with Gasteiger partial charge in [-0.1, -0.05) is 33.1 Å². The molecule has 0 radical (unpaired) electrons. The van der Waals surface area contributed by atoms with Gasteiger partial charge >= 0.3 is 0 Å². The Morgan fingerprint density at radius 3 is 2.65 bits per heavy atom. The van der Waals surface area contributed by atoms with Gasteiger partial charge < -0.3 is 11.1 Å². The number of amides is 1. The summed E-state index contributed by atoms with van der Waals surface area (Å²) >= 11 is 0. The van der Waals surface area contributed by atoms with E-state index in [4.69, 9.17) is 5.73 Å². The van der Waals surface area contributed by atoms with E-state index in [1.54, 1.807) is 0 Å². The molecule has 0 saturated heterocycles. The van der Waals surface area contributed by atoms with Crippen LogP contribution in [0.15, 0.2) is 0 Å². The van der Waals surface area contributed by atoms with Crippen molar-refractivity contribution in [3.63, 3.8) is 0 Å². The Bertz CT molecular complexity index is 220. The summed E-state index contributed by atoms with van der Waals surface area (Å²) in [6.45, 7) is 5.23. The molecule has 1 rings (SSSR count). The van der Waals surface area contributed by atoms with E-state index in [2.05, 4.69) is 19.2 Å². The maximum absolute atomic E-state index is 12.0. The van der Waals surface area contributed by atoms with Crippen molar-refractivity contribution in [3.8, 4) is 0 Å². The van der Waals surface area contributed by atoms with Gasteiger partial charge in [-0.15, -0.1) is 0 Å². The molecule has 0 heterocycles. The third-order valence-corrected chi connectivity index (χ3v) is 3.68. The highest BCUT2D eigenvalue weighted by atomic mass is 16.1. The highest BCUT2D eigenvalue weighted by Gasteiger charge is 2.28. The molecule has 17 heavy (non-hydrogen) atoms. The molecule has 1 amide bonds. The number of hydrogen-bond acceptors (Lipinski definition) is 2. The molecular formula is C14H28N2O. The quantitative estimate of drug-likeness (QED) is 0.701. The SMILES string of the molecule is CCCCCCNC(=O)C1CC(C)CC(N)C1. The second-order valence-electron chi connectivity index (χ2n) is 5.62. The second-order valence-corrected chi connectivity index (χ2v) is 5.62. The lowest BCUT2D eigenvalue weighted by Crippen LogP contribution is -2.40. The number of nitrogens with one attached hydrogen (secondary N) is 1. The predicted molar refractivity (Wildman–Crippen MR) is 71.6 cm³/mol. The molecule has 1 fully saturated rings. The Hall–Kier alpha value is -0.570. The third-order valence-electron chi connectivity index (χ3n) is 3.68. The summed E-state index contributed by atoms with van der Waals surface area (Å²) in [4.78, 5) is 12.0. The van der Waals surface area contributed by atoms with Crippen molar-refractivity contribution >= 4 is 5.91 Å². The van der Waals surface area contributed by atoms with Gasteiger partial charge in [-0.05, 0) is 31.6 Å². The number of unbranched alkanes of at least 4 members (excludes halogenated alkanes) is 3. The van der Waals surface area contributed by atoms with E-state index >= 15 is 0 Å². The molecule has 3 atom stereocenters. The highest BCUT2D eigenvalue weighted by Crippen LogP contribution is 2.28. The van der Waals surface area contributed by atoms with Gasteiger partial charge in [-0.2, -0.15) is 0 Å². The Morgan fingerprint density at radius 2 is 2.00 bits per heavy atom. The lowest BCUT2D eigenvalue weighted by molar-refractivity contribution is -0.126. The van der Waals surface area contributed by atoms with Crippen molar-refractivity contribution in [2.24, 2.45) is 17.6 Å². The number of nitrogens with two attached hydrogens (primary N) is 1. The molecule has 3 N–H and O–H groups in total. The van der Waals surface area contributed by atoms with Crippen LogP contribution in [0.1, 0.15) is 58.8 Å². The predicted octanol–water partition coefficient (Wildman–Crippen LogP) is 2.45. The maximum atomic E-state index is 12.0. The zero-order valence-electron chi connectivity index (χ0n) is 11.4. The van der Waals surface area contributed by atoms with Crippen molar-refractivity contribution in [2.45, 2.75) is 64.8 Å². The van der Waals surface area contributed by atoms with Crippen LogP contribution in [0.5, 0.6) is 0 Å². The zero-order valence-corrected chi connectivity index (χ0v) is 11.4. The molecule has 0 aromatic carbocycles. The molecule has 3 unspecified atom stereocenters. The van der Waals surface area contributed by atoms with Crippen LogP contribution in [0.3, 0.4) is 0 Å². The minimum Gasteiger partial charge on any atom is -0.356 e. The first-order valence-corrected chi connectivity index (χ1v) is 7.16. The fourth-order valence-corrected chi connectivity index (χ4v) is 2.78. The zero-order chi connectivity index (χ0) is 12.7. The van der Waals surface area contributed by atoms with Crippen molar-refractivity contribution in [3.05, 3.63) is 0 Å². The van der Waals surface area contributed by atoms with Crippen LogP contribution < -0.4 is 11.1 Å². The molecule has 3 nitrogen and oxygen atoms in total. The Morgan fingerprint density at radius 1 is 1.24 bits per heavy atom. The van der Waals surface area contributed by atoms with Gasteiger partial charge in [0.2, 0.25) is 5.91 Å². The van der Waals surface area contributed by atoms with Crippen LogP contribution in [-0.4, -0.2) is 18.5 Å². The van der Waals surface area contributed by atoms with E-state index in [1.165, 1.54) is 19.3 Å². The molecule has 1 aliphatic carbocycles. The summed E-state index contributed by atoms with van der Waals surface area (Å²) in [7, 11) is 0. The number of hydrogen-bond donors (Lipinski definition) is 2. The molecule has 0 aromatic heterocycles. The number of rotatable bonds is 6. The minimum atomic E-state index is 0.153. The highest BCUT2D eigenvalue weighted by molar-refractivity contribution is 5.78. The Balaban J connectivity index is 2.18. The summed E-state index contributed by atoms with van der Waals surface area (Å²) < 4.78 is 0. The lowest BCUT2D eigenvalue weighted by Gasteiger charge is -2.30. The summed E-state index contributed by atoms with van der Waals surface area (Å²) in [6, 6.07) is 0.217. The standard InChI is InChI=1S/C14H28N2O/c1-3-4-5-6-7-16-14(17)12-8-11(2)9-13(15)10-12/h11-13H,3-10,15H2,1-2H3,(H,16,17). The summed E-state index contributed by atoms with van der Waals surface area (Å²) in [5.41, 5.74) is 5.97. The van der Waals surface area contributed by atoms with Gasteiger partial charge in [-0.25, -0.2) is 0 Å². The van der Waals surface area contributed by atoms with Crippen LogP contribution in [-0.2, 0) is 4.79 Å². The average Bonchev–Trinajstić information content (AvgIpc) is 2.27. The van der Waals surface area contributed by atoms with Gasteiger partial charge in [0, 0.05) is 18.5 Å². The molecule has 0 spiro atoms. The monoisotopic (exact) mass is 240 g/mol. The second kappa shape index (κ2) is 7.70. The molecule has 0 aliphatic heterocycles. The fourth-order valence-electron chi connectivity index (χ4n) is 2.78. The van der Waals surface area contributed by atoms with Crippen molar-refractivity contribution in [2.75, 3.05) is 6.54 Å². The van der Waals surface area contributed by atoms with Crippen LogP contribution in [0.25, 0.3) is 0 Å². The molecule has 100 valence electrons. The first kappa shape index (κ1) is 14.5. The molecule has 0 aromatic rings. The first-order chi connectivity index (χ1) is 8.13. The van der Waals surface area contributed by atoms with E-state index in [9.17, 15) is 4.79 Å². The van der Waals surface area contributed by atoms with Gasteiger partial charge in [-0.3, -0.25) is 4.79 Å². The van der Waals surface area contributed by atoms with Gasteiger partial charge in [0.15, 0.2) is 0 Å². The number of carbonyl (C=O) groups excluding carboxylic acids is 1. The van der Waals surface area contributed by atoms with Gasteiger partial charge in [0.1, 0.15) is 0 Å². The maximum Gasteiger partial charge on any atom is 0.223 e. The van der Waals surface area contributed by atoms with E-state index < -0.39 is 0 Å². The van der Waals surface area contributed by atoms with Crippen molar-refractivity contribution in [1.82, 2.24) is 5.32 Å². The number of carbonyl (C=O) groups is 1. The molecule has 0 bridgehead atoms. The third kappa shape index (κ3) is 5.53. The molecular weight excluding hydrogens is 212 g/mol.